The first-order chi connectivity index (χ1) is 7.88. The molecule has 1 N–H and O–H groups in total. The van der Waals surface area contributed by atoms with E-state index in [0.717, 1.165) is 11.7 Å². The van der Waals surface area contributed by atoms with Gasteiger partial charge in [0.2, 0.25) is 0 Å². The lowest BCUT2D eigenvalue weighted by Crippen LogP contribution is -1.94. The number of imidazole rings is 1. The molecule has 3 rings (SSSR count). The number of nitrogens with one attached hydrogen (secondary N) is 1. The Balaban J connectivity index is 1.91. The molecule has 1 aliphatic rings. The Kier molecular flexibility index (Phi) is 2.40. The summed E-state index contributed by atoms with van der Waals surface area (Å²) in [6.45, 7) is 2.99. The summed E-state index contributed by atoms with van der Waals surface area (Å²) >= 11 is 1.69. The van der Waals surface area contributed by atoms with Crippen molar-refractivity contribution in [1.82, 2.24) is 14.5 Å². The normalized spacial score (nSPS) is 15.3. The number of hydrogen-bond acceptors (Lipinski definition) is 4. The second-order valence-electron chi connectivity index (χ2n) is 3.98. The van der Waals surface area contributed by atoms with Crippen LogP contribution in [-0.2, 0) is 0 Å². The van der Waals surface area contributed by atoms with Gasteiger partial charge >= 0.3 is 0 Å². The van der Waals surface area contributed by atoms with E-state index in [1.54, 1.807) is 11.3 Å². The van der Waals surface area contributed by atoms with E-state index in [9.17, 15) is 0 Å². The van der Waals surface area contributed by atoms with E-state index in [4.69, 9.17) is 0 Å². The standard InChI is InChI=1S/C11H14N4S/c1-2-13-11-14-6-10(16-11)9-5-12-7-15(9)8-3-4-8/h5-8H,2-4H2,1H3,(H,13,14). The molecule has 0 aromatic carbocycles. The molecule has 0 radical (unpaired) electrons. The number of rotatable bonds is 4. The van der Waals surface area contributed by atoms with Crippen molar-refractivity contribution in [3.8, 4) is 10.6 Å². The third-order valence-electron chi connectivity index (χ3n) is 2.69. The van der Waals surface area contributed by atoms with Crippen LogP contribution in [0.2, 0.25) is 0 Å². The molecule has 16 heavy (non-hydrogen) atoms. The van der Waals surface area contributed by atoms with Gasteiger partial charge in [0.1, 0.15) is 0 Å². The summed E-state index contributed by atoms with van der Waals surface area (Å²) in [7, 11) is 0. The van der Waals surface area contributed by atoms with Crippen molar-refractivity contribution in [2.45, 2.75) is 25.8 Å². The SMILES string of the molecule is CCNc1ncc(-c2cncn2C2CC2)s1. The second-order valence-corrected chi connectivity index (χ2v) is 5.01. The molecule has 0 saturated heterocycles. The minimum Gasteiger partial charge on any atom is -0.362 e. The van der Waals surface area contributed by atoms with Gasteiger partial charge in [-0.15, -0.1) is 0 Å². The van der Waals surface area contributed by atoms with Gasteiger partial charge in [0.05, 0.1) is 23.1 Å². The monoisotopic (exact) mass is 234 g/mol. The molecule has 1 aliphatic carbocycles. The van der Waals surface area contributed by atoms with Gasteiger partial charge in [-0.2, -0.15) is 0 Å². The predicted octanol–water partition coefficient (Wildman–Crippen LogP) is 2.77. The van der Waals surface area contributed by atoms with Crippen LogP contribution in [0.5, 0.6) is 0 Å². The third-order valence-corrected chi connectivity index (χ3v) is 3.67. The minimum absolute atomic E-state index is 0.669. The second kappa shape index (κ2) is 3.90. The van der Waals surface area contributed by atoms with Crippen LogP contribution in [0.25, 0.3) is 10.6 Å². The van der Waals surface area contributed by atoms with E-state index >= 15 is 0 Å². The fourth-order valence-electron chi connectivity index (χ4n) is 1.76. The Morgan fingerprint density at radius 2 is 2.38 bits per heavy atom. The highest BCUT2D eigenvalue weighted by Gasteiger charge is 2.26. The summed E-state index contributed by atoms with van der Waals surface area (Å²) < 4.78 is 2.27. The number of anilines is 1. The van der Waals surface area contributed by atoms with Crippen LogP contribution in [0.15, 0.2) is 18.7 Å². The zero-order valence-corrected chi connectivity index (χ0v) is 10.00. The zero-order chi connectivity index (χ0) is 11.0. The van der Waals surface area contributed by atoms with Crippen LogP contribution in [-0.4, -0.2) is 21.1 Å². The summed E-state index contributed by atoms with van der Waals surface area (Å²) in [5, 5.41) is 4.22. The maximum Gasteiger partial charge on any atom is 0.183 e. The van der Waals surface area contributed by atoms with E-state index in [-0.39, 0.29) is 0 Å². The van der Waals surface area contributed by atoms with E-state index in [0.29, 0.717) is 6.04 Å². The average Bonchev–Trinajstić information content (AvgIpc) is 2.84. The highest BCUT2D eigenvalue weighted by atomic mass is 32.1. The predicted molar refractivity (Wildman–Crippen MR) is 65.8 cm³/mol. The molecule has 0 spiro atoms. The van der Waals surface area contributed by atoms with Gasteiger partial charge in [0, 0.05) is 18.8 Å². The lowest BCUT2D eigenvalue weighted by atomic mass is 10.4. The fraction of sp³-hybridized carbons (Fsp3) is 0.455. The van der Waals surface area contributed by atoms with Gasteiger partial charge in [-0.3, -0.25) is 0 Å². The minimum atomic E-state index is 0.669. The topological polar surface area (TPSA) is 42.7 Å². The highest BCUT2D eigenvalue weighted by Crippen LogP contribution is 2.39. The van der Waals surface area contributed by atoms with Crippen LogP contribution in [0.4, 0.5) is 5.13 Å². The summed E-state index contributed by atoms with van der Waals surface area (Å²) in [5.74, 6) is 0. The van der Waals surface area contributed by atoms with Crippen molar-refractivity contribution in [3.05, 3.63) is 18.7 Å². The largest absolute Gasteiger partial charge is 0.362 e. The average molecular weight is 234 g/mol. The molecule has 4 nitrogen and oxygen atoms in total. The van der Waals surface area contributed by atoms with Crippen LogP contribution in [0, 0.1) is 0 Å². The van der Waals surface area contributed by atoms with Crippen molar-refractivity contribution in [2.75, 3.05) is 11.9 Å². The quantitative estimate of drug-likeness (QED) is 0.884. The van der Waals surface area contributed by atoms with Gasteiger partial charge < -0.3 is 9.88 Å². The molecule has 5 heteroatoms. The smallest absolute Gasteiger partial charge is 0.183 e. The summed E-state index contributed by atoms with van der Waals surface area (Å²) in [5.41, 5.74) is 1.20. The third kappa shape index (κ3) is 1.71. The summed E-state index contributed by atoms with van der Waals surface area (Å²) in [6, 6.07) is 0.669. The number of aromatic nitrogens is 3. The molecule has 1 fully saturated rings. The maximum absolute atomic E-state index is 4.35. The molecule has 2 heterocycles. The lowest BCUT2D eigenvalue weighted by molar-refractivity contribution is 0.749. The van der Waals surface area contributed by atoms with Crippen molar-refractivity contribution < 1.29 is 0 Å². The van der Waals surface area contributed by atoms with Crippen molar-refractivity contribution >= 4 is 16.5 Å². The number of thiazole rings is 1. The molecule has 0 amide bonds. The van der Waals surface area contributed by atoms with E-state index < -0.39 is 0 Å². The molecule has 2 aromatic rings. The van der Waals surface area contributed by atoms with Crippen molar-refractivity contribution in [2.24, 2.45) is 0 Å². The van der Waals surface area contributed by atoms with Gasteiger partial charge in [-0.25, -0.2) is 9.97 Å². The first kappa shape index (κ1) is 9.84. The van der Waals surface area contributed by atoms with Gasteiger partial charge in [-0.05, 0) is 19.8 Å². The fourth-order valence-corrected chi connectivity index (χ4v) is 2.66. The highest BCUT2D eigenvalue weighted by molar-refractivity contribution is 7.18. The maximum atomic E-state index is 4.35. The van der Waals surface area contributed by atoms with Gasteiger partial charge in [0.25, 0.3) is 0 Å². The molecular formula is C11H14N4S. The van der Waals surface area contributed by atoms with E-state index in [1.165, 1.54) is 23.4 Å². The Labute approximate surface area is 98.4 Å². The number of nitrogens with zero attached hydrogens (tertiary/aromatic N) is 3. The summed E-state index contributed by atoms with van der Waals surface area (Å²) in [6.07, 6.45) is 8.35. The molecule has 2 aromatic heterocycles. The Hall–Kier alpha value is -1.36. The van der Waals surface area contributed by atoms with Crippen LogP contribution < -0.4 is 5.32 Å². The molecule has 0 aliphatic heterocycles. The Morgan fingerprint density at radius 1 is 1.50 bits per heavy atom. The lowest BCUT2D eigenvalue weighted by Gasteiger charge is -2.02. The first-order valence-electron chi connectivity index (χ1n) is 5.60. The molecule has 0 unspecified atom stereocenters. The van der Waals surface area contributed by atoms with E-state index in [2.05, 4.69) is 26.8 Å². The molecule has 1 saturated carbocycles. The van der Waals surface area contributed by atoms with Crippen LogP contribution in [0.3, 0.4) is 0 Å². The van der Waals surface area contributed by atoms with Crippen molar-refractivity contribution in [1.29, 1.82) is 0 Å². The zero-order valence-electron chi connectivity index (χ0n) is 9.18. The van der Waals surface area contributed by atoms with Crippen LogP contribution in [0.1, 0.15) is 25.8 Å². The Morgan fingerprint density at radius 3 is 3.12 bits per heavy atom. The molecule has 0 bridgehead atoms. The molecular weight excluding hydrogens is 220 g/mol. The number of hydrogen-bond donors (Lipinski definition) is 1. The Bertz CT molecular complexity index is 484. The van der Waals surface area contributed by atoms with Crippen LogP contribution >= 0.6 is 11.3 Å². The van der Waals surface area contributed by atoms with Crippen molar-refractivity contribution in [3.63, 3.8) is 0 Å². The van der Waals surface area contributed by atoms with E-state index in [1.807, 2.05) is 18.7 Å². The first-order valence-corrected chi connectivity index (χ1v) is 6.42. The summed E-state index contributed by atoms with van der Waals surface area (Å²) in [4.78, 5) is 9.78. The van der Waals surface area contributed by atoms with Gasteiger partial charge in [0.15, 0.2) is 5.13 Å². The molecule has 84 valence electrons. The molecule has 0 atom stereocenters. The van der Waals surface area contributed by atoms with Gasteiger partial charge in [-0.1, -0.05) is 11.3 Å².